The van der Waals surface area contributed by atoms with Crippen molar-refractivity contribution >= 4 is 5.82 Å². The summed E-state index contributed by atoms with van der Waals surface area (Å²) in [5.41, 5.74) is 2.29. The molecule has 0 saturated heterocycles. The first-order valence-corrected chi connectivity index (χ1v) is 7.91. The van der Waals surface area contributed by atoms with Gasteiger partial charge in [0, 0.05) is 24.7 Å². The van der Waals surface area contributed by atoms with Crippen LogP contribution in [0.1, 0.15) is 51.3 Å². The molecule has 1 N–H and O–H groups in total. The van der Waals surface area contributed by atoms with E-state index in [1.165, 1.54) is 5.69 Å². The van der Waals surface area contributed by atoms with Crippen LogP contribution in [0.3, 0.4) is 0 Å². The second kappa shape index (κ2) is 7.20. The van der Waals surface area contributed by atoms with Crippen LogP contribution in [0.2, 0.25) is 0 Å². The van der Waals surface area contributed by atoms with Gasteiger partial charge in [-0.15, -0.1) is 0 Å². The Hall–Kier alpha value is -1.91. The van der Waals surface area contributed by atoms with E-state index in [1.54, 1.807) is 0 Å². The number of hydrogen-bond acceptors (Lipinski definition) is 4. The van der Waals surface area contributed by atoms with E-state index in [-0.39, 0.29) is 0 Å². The molecule has 0 bridgehead atoms. The third-order valence-corrected chi connectivity index (χ3v) is 3.37. The Morgan fingerprint density at radius 2 is 1.86 bits per heavy atom. The van der Waals surface area contributed by atoms with Gasteiger partial charge in [-0.2, -0.15) is 5.10 Å². The lowest BCUT2D eigenvalue weighted by molar-refractivity contribution is 0.746. The maximum absolute atomic E-state index is 4.68. The van der Waals surface area contributed by atoms with Gasteiger partial charge in [-0.3, -0.25) is 0 Å². The molecule has 5 heteroatoms. The Labute approximate surface area is 126 Å². The summed E-state index contributed by atoms with van der Waals surface area (Å²) >= 11 is 0. The SMILES string of the molecule is CCCc1nc(NCC)cc(-n2nc(CC)cc2CC)n1. The molecule has 0 aliphatic rings. The lowest BCUT2D eigenvalue weighted by Crippen LogP contribution is -2.10. The van der Waals surface area contributed by atoms with Crippen molar-refractivity contribution in [1.82, 2.24) is 19.7 Å². The topological polar surface area (TPSA) is 55.6 Å². The molecule has 0 aromatic carbocycles. The molecule has 0 fully saturated rings. The minimum atomic E-state index is 0.849. The normalized spacial score (nSPS) is 10.9. The molecule has 0 radical (unpaired) electrons. The number of nitrogens with one attached hydrogen (secondary N) is 1. The molecular weight excluding hydrogens is 262 g/mol. The summed E-state index contributed by atoms with van der Waals surface area (Å²) in [6, 6.07) is 4.14. The molecule has 0 atom stereocenters. The summed E-state index contributed by atoms with van der Waals surface area (Å²) in [4.78, 5) is 9.24. The number of hydrogen-bond donors (Lipinski definition) is 1. The number of nitrogens with zero attached hydrogens (tertiary/aromatic N) is 4. The van der Waals surface area contributed by atoms with Gasteiger partial charge < -0.3 is 5.32 Å². The van der Waals surface area contributed by atoms with Gasteiger partial charge in [0.25, 0.3) is 0 Å². The molecule has 2 rings (SSSR count). The van der Waals surface area contributed by atoms with Gasteiger partial charge in [-0.1, -0.05) is 20.8 Å². The molecule has 0 saturated carbocycles. The van der Waals surface area contributed by atoms with E-state index in [0.717, 1.165) is 55.4 Å². The summed E-state index contributed by atoms with van der Waals surface area (Å²) in [5, 5.41) is 7.95. The Kier molecular flexibility index (Phi) is 5.31. The van der Waals surface area contributed by atoms with E-state index in [4.69, 9.17) is 0 Å². The minimum Gasteiger partial charge on any atom is -0.370 e. The molecule has 0 aliphatic heterocycles. The summed E-state index contributed by atoms with van der Waals surface area (Å²) in [5.74, 6) is 2.61. The van der Waals surface area contributed by atoms with E-state index in [9.17, 15) is 0 Å². The summed E-state index contributed by atoms with van der Waals surface area (Å²) in [7, 11) is 0. The maximum atomic E-state index is 4.68. The highest BCUT2D eigenvalue weighted by Crippen LogP contribution is 2.16. The lowest BCUT2D eigenvalue weighted by Gasteiger charge is -2.10. The first-order chi connectivity index (χ1) is 10.2. The third kappa shape index (κ3) is 3.60. The van der Waals surface area contributed by atoms with Crippen LogP contribution >= 0.6 is 0 Å². The van der Waals surface area contributed by atoms with Crippen LogP contribution in [0, 0.1) is 0 Å². The summed E-state index contributed by atoms with van der Waals surface area (Å²) in [6.45, 7) is 9.33. The zero-order chi connectivity index (χ0) is 15.2. The maximum Gasteiger partial charge on any atom is 0.159 e. The smallest absolute Gasteiger partial charge is 0.159 e. The second-order valence-electron chi connectivity index (χ2n) is 5.05. The van der Waals surface area contributed by atoms with Crippen molar-refractivity contribution in [3.63, 3.8) is 0 Å². The Bertz CT molecular complexity index is 564. The fraction of sp³-hybridized carbons (Fsp3) is 0.562. The monoisotopic (exact) mass is 287 g/mol. The van der Waals surface area contributed by atoms with Crippen LogP contribution in [-0.2, 0) is 19.3 Å². The number of aryl methyl sites for hydroxylation is 3. The molecule has 0 amide bonds. The van der Waals surface area contributed by atoms with Crippen LogP contribution in [0.25, 0.3) is 5.82 Å². The van der Waals surface area contributed by atoms with Gasteiger partial charge >= 0.3 is 0 Å². The molecule has 2 aromatic rings. The van der Waals surface area contributed by atoms with Gasteiger partial charge in [0.05, 0.1) is 5.69 Å². The lowest BCUT2D eigenvalue weighted by atomic mass is 10.2. The largest absolute Gasteiger partial charge is 0.370 e. The standard InChI is InChI=1S/C16H25N5/c1-5-9-14-18-15(17-8-4)11-16(19-14)21-13(7-3)10-12(6-2)20-21/h10-11H,5-9H2,1-4H3,(H,17,18,19). The highest BCUT2D eigenvalue weighted by molar-refractivity contribution is 5.42. The van der Waals surface area contributed by atoms with Crippen LogP contribution in [-0.4, -0.2) is 26.3 Å². The van der Waals surface area contributed by atoms with Crippen molar-refractivity contribution in [2.75, 3.05) is 11.9 Å². The predicted octanol–water partition coefficient (Wildman–Crippen LogP) is 3.17. The molecule has 0 aliphatic carbocycles. The minimum absolute atomic E-state index is 0.849. The van der Waals surface area contributed by atoms with Gasteiger partial charge in [-0.05, 0) is 32.3 Å². The van der Waals surface area contributed by atoms with Crippen molar-refractivity contribution < 1.29 is 0 Å². The van der Waals surface area contributed by atoms with Crippen molar-refractivity contribution in [3.05, 3.63) is 29.3 Å². The van der Waals surface area contributed by atoms with Crippen molar-refractivity contribution in [3.8, 4) is 5.82 Å². The van der Waals surface area contributed by atoms with Gasteiger partial charge in [0.15, 0.2) is 5.82 Å². The molecule has 0 spiro atoms. The molecule has 2 aromatic heterocycles. The van der Waals surface area contributed by atoms with Crippen LogP contribution in [0.4, 0.5) is 5.82 Å². The van der Waals surface area contributed by atoms with Crippen molar-refractivity contribution in [2.24, 2.45) is 0 Å². The van der Waals surface area contributed by atoms with Gasteiger partial charge in [-0.25, -0.2) is 14.6 Å². The van der Waals surface area contributed by atoms with E-state index in [2.05, 4.69) is 54.1 Å². The van der Waals surface area contributed by atoms with E-state index < -0.39 is 0 Å². The fourth-order valence-electron chi connectivity index (χ4n) is 2.30. The van der Waals surface area contributed by atoms with Crippen molar-refractivity contribution in [2.45, 2.75) is 53.4 Å². The Balaban J connectivity index is 2.48. The van der Waals surface area contributed by atoms with Crippen LogP contribution < -0.4 is 5.32 Å². The number of anilines is 1. The number of rotatable bonds is 7. The second-order valence-corrected chi connectivity index (χ2v) is 5.05. The molecule has 5 nitrogen and oxygen atoms in total. The number of aromatic nitrogens is 4. The summed E-state index contributed by atoms with van der Waals surface area (Å²) in [6.07, 6.45) is 3.80. The molecular formula is C16H25N5. The molecule has 114 valence electrons. The van der Waals surface area contributed by atoms with E-state index >= 15 is 0 Å². The zero-order valence-electron chi connectivity index (χ0n) is 13.5. The fourth-order valence-corrected chi connectivity index (χ4v) is 2.30. The highest BCUT2D eigenvalue weighted by atomic mass is 15.3. The van der Waals surface area contributed by atoms with Gasteiger partial charge in [0.2, 0.25) is 0 Å². The molecule has 21 heavy (non-hydrogen) atoms. The summed E-state index contributed by atoms with van der Waals surface area (Å²) < 4.78 is 1.96. The first kappa shape index (κ1) is 15.5. The van der Waals surface area contributed by atoms with Gasteiger partial charge in [0.1, 0.15) is 11.6 Å². The van der Waals surface area contributed by atoms with E-state index in [1.807, 2.05) is 10.7 Å². The first-order valence-electron chi connectivity index (χ1n) is 7.91. The molecule has 0 unspecified atom stereocenters. The predicted molar refractivity (Wildman–Crippen MR) is 86.1 cm³/mol. The van der Waals surface area contributed by atoms with E-state index in [0.29, 0.717) is 0 Å². The molecule has 2 heterocycles. The van der Waals surface area contributed by atoms with Crippen LogP contribution in [0.15, 0.2) is 12.1 Å². The average molecular weight is 287 g/mol. The average Bonchev–Trinajstić information content (AvgIpc) is 2.91. The third-order valence-electron chi connectivity index (χ3n) is 3.37. The van der Waals surface area contributed by atoms with Crippen molar-refractivity contribution in [1.29, 1.82) is 0 Å². The Morgan fingerprint density at radius 1 is 1.05 bits per heavy atom. The zero-order valence-corrected chi connectivity index (χ0v) is 13.5. The highest BCUT2D eigenvalue weighted by Gasteiger charge is 2.11. The van der Waals surface area contributed by atoms with Crippen LogP contribution in [0.5, 0.6) is 0 Å². The Morgan fingerprint density at radius 3 is 2.48 bits per heavy atom. The quantitative estimate of drug-likeness (QED) is 0.850.